The van der Waals surface area contributed by atoms with Crippen molar-refractivity contribution in [2.45, 2.75) is 32.7 Å². The van der Waals surface area contributed by atoms with E-state index in [4.69, 9.17) is 17.3 Å². The standard InChI is InChI=1S/C12H17ClFN/c1-8(2)6-7-11(15)12-9(13)4-3-5-10(12)14/h3-5,8,11H,6-7,15H2,1-2H3/t11-/m0/s1. The number of benzene rings is 1. The molecule has 84 valence electrons. The molecule has 0 heterocycles. The lowest BCUT2D eigenvalue weighted by atomic mass is 9.98. The van der Waals surface area contributed by atoms with Crippen LogP contribution >= 0.6 is 11.6 Å². The normalized spacial score (nSPS) is 13.2. The van der Waals surface area contributed by atoms with Crippen molar-refractivity contribution in [1.29, 1.82) is 0 Å². The van der Waals surface area contributed by atoms with Crippen LogP contribution in [0.3, 0.4) is 0 Å². The van der Waals surface area contributed by atoms with Gasteiger partial charge in [0.05, 0.1) is 0 Å². The summed E-state index contributed by atoms with van der Waals surface area (Å²) in [7, 11) is 0. The van der Waals surface area contributed by atoms with Crippen LogP contribution in [0.2, 0.25) is 5.02 Å². The van der Waals surface area contributed by atoms with Crippen LogP contribution < -0.4 is 5.73 Å². The van der Waals surface area contributed by atoms with Crippen molar-refractivity contribution in [3.8, 4) is 0 Å². The molecule has 0 aliphatic carbocycles. The van der Waals surface area contributed by atoms with E-state index in [1.165, 1.54) is 6.07 Å². The van der Waals surface area contributed by atoms with E-state index >= 15 is 0 Å². The second kappa shape index (κ2) is 5.47. The lowest BCUT2D eigenvalue weighted by Gasteiger charge is -2.15. The lowest BCUT2D eigenvalue weighted by Crippen LogP contribution is -2.13. The molecule has 1 rings (SSSR count). The maximum Gasteiger partial charge on any atom is 0.129 e. The Balaban J connectivity index is 2.77. The van der Waals surface area contributed by atoms with Gasteiger partial charge in [0.2, 0.25) is 0 Å². The first kappa shape index (κ1) is 12.5. The fraction of sp³-hybridized carbons (Fsp3) is 0.500. The number of hydrogen-bond donors (Lipinski definition) is 1. The fourth-order valence-corrected chi connectivity index (χ4v) is 1.83. The Bertz CT molecular complexity index is 305. The SMILES string of the molecule is CC(C)CC[C@H](N)c1c(F)cccc1Cl. The third-order valence-electron chi connectivity index (χ3n) is 2.43. The van der Waals surface area contributed by atoms with Gasteiger partial charge < -0.3 is 5.73 Å². The summed E-state index contributed by atoms with van der Waals surface area (Å²) >= 11 is 5.92. The first-order valence-electron chi connectivity index (χ1n) is 5.22. The van der Waals surface area contributed by atoms with E-state index < -0.39 is 0 Å². The Morgan fingerprint density at radius 3 is 2.53 bits per heavy atom. The molecule has 0 aliphatic rings. The van der Waals surface area contributed by atoms with Gasteiger partial charge in [0.25, 0.3) is 0 Å². The van der Waals surface area contributed by atoms with Crippen LogP contribution in [-0.2, 0) is 0 Å². The summed E-state index contributed by atoms with van der Waals surface area (Å²) in [4.78, 5) is 0. The van der Waals surface area contributed by atoms with Crippen LogP contribution in [0.5, 0.6) is 0 Å². The fourth-order valence-electron chi connectivity index (χ4n) is 1.52. The zero-order chi connectivity index (χ0) is 11.4. The average Bonchev–Trinajstić information content (AvgIpc) is 2.14. The Morgan fingerprint density at radius 1 is 1.33 bits per heavy atom. The molecule has 0 bridgehead atoms. The van der Waals surface area contributed by atoms with Gasteiger partial charge in [0.1, 0.15) is 5.82 Å². The van der Waals surface area contributed by atoms with E-state index in [2.05, 4.69) is 13.8 Å². The largest absolute Gasteiger partial charge is 0.324 e. The van der Waals surface area contributed by atoms with Crippen LogP contribution in [0.15, 0.2) is 18.2 Å². The molecule has 15 heavy (non-hydrogen) atoms. The second-order valence-corrected chi connectivity index (χ2v) is 4.62. The Morgan fingerprint density at radius 2 is 2.00 bits per heavy atom. The van der Waals surface area contributed by atoms with Crippen LogP contribution in [0.25, 0.3) is 0 Å². The molecule has 0 fully saturated rings. The highest BCUT2D eigenvalue weighted by molar-refractivity contribution is 6.31. The van der Waals surface area contributed by atoms with Crippen molar-refractivity contribution in [2.24, 2.45) is 11.7 Å². The minimum absolute atomic E-state index is 0.305. The van der Waals surface area contributed by atoms with Crippen LogP contribution in [0.1, 0.15) is 38.3 Å². The maximum atomic E-state index is 13.5. The van der Waals surface area contributed by atoms with Crippen molar-refractivity contribution in [3.63, 3.8) is 0 Å². The minimum Gasteiger partial charge on any atom is -0.324 e. The molecule has 0 saturated carbocycles. The molecule has 2 N–H and O–H groups in total. The number of rotatable bonds is 4. The number of halogens is 2. The third-order valence-corrected chi connectivity index (χ3v) is 2.76. The van der Waals surface area contributed by atoms with Gasteiger partial charge in [0.15, 0.2) is 0 Å². The molecule has 1 aromatic rings. The zero-order valence-electron chi connectivity index (χ0n) is 9.13. The summed E-state index contributed by atoms with van der Waals surface area (Å²) < 4.78 is 13.5. The first-order valence-corrected chi connectivity index (χ1v) is 5.59. The summed E-state index contributed by atoms with van der Waals surface area (Å²) in [5, 5.41) is 0.422. The second-order valence-electron chi connectivity index (χ2n) is 4.21. The van der Waals surface area contributed by atoms with E-state index in [0.29, 0.717) is 16.5 Å². The zero-order valence-corrected chi connectivity index (χ0v) is 9.89. The van der Waals surface area contributed by atoms with Gasteiger partial charge in [-0.25, -0.2) is 4.39 Å². The molecule has 3 heteroatoms. The van der Waals surface area contributed by atoms with E-state index in [9.17, 15) is 4.39 Å². The molecule has 0 aromatic heterocycles. The smallest absolute Gasteiger partial charge is 0.129 e. The summed E-state index contributed by atoms with van der Waals surface area (Å²) in [6.07, 6.45) is 1.74. The molecule has 0 spiro atoms. The lowest BCUT2D eigenvalue weighted by molar-refractivity contribution is 0.491. The van der Waals surface area contributed by atoms with Crippen molar-refractivity contribution in [1.82, 2.24) is 0 Å². The van der Waals surface area contributed by atoms with Gasteiger partial charge in [-0.3, -0.25) is 0 Å². The predicted octanol–water partition coefficient (Wildman–Crippen LogP) is 3.92. The minimum atomic E-state index is -0.307. The topological polar surface area (TPSA) is 26.0 Å². The Kier molecular flexibility index (Phi) is 4.55. The molecule has 0 saturated heterocycles. The highest BCUT2D eigenvalue weighted by atomic mass is 35.5. The molecule has 1 atom stereocenters. The van der Waals surface area contributed by atoms with Gasteiger partial charge >= 0.3 is 0 Å². The van der Waals surface area contributed by atoms with Crippen LogP contribution in [0.4, 0.5) is 4.39 Å². The van der Waals surface area contributed by atoms with Gasteiger partial charge in [-0.2, -0.15) is 0 Å². The van der Waals surface area contributed by atoms with Gasteiger partial charge in [-0.05, 0) is 30.9 Å². The summed E-state index contributed by atoms with van der Waals surface area (Å²) in [6, 6.07) is 4.36. The van der Waals surface area contributed by atoms with Crippen LogP contribution in [-0.4, -0.2) is 0 Å². The van der Waals surface area contributed by atoms with Crippen molar-refractivity contribution in [2.75, 3.05) is 0 Å². The maximum absolute atomic E-state index is 13.5. The van der Waals surface area contributed by atoms with Crippen molar-refractivity contribution >= 4 is 11.6 Å². The van der Waals surface area contributed by atoms with Crippen molar-refractivity contribution < 1.29 is 4.39 Å². The van der Waals surface area contributed by atoms with E-state index in [1.54, 1.807) is 12.1 Å². The molecule has 1 nitrogen and oxygen atoms in total. The number of hydrogen-bond acceptors (Lipinski definition) is 1. The molecular formula is C12H17ClFN. The third kappa shape index (κ3) is 3.47. The quantitative estimate of drug-likeness (QED) is 0.832. The van der Waals surface area contributed by atoms with E-state index in [1.807, 2.05) is 0 Å². The predicted molar refractivity (Wildman–Crippen MR) is 62.4 cm³/mol. The van der Waals surface area contributed by atoms with E-state index in [-0.39, 0.29) is 11.9 Å². The summed E-state index contributed by atoms with van der Waals surface area (Å²) in [6.45, 7) is 4.24. The molecule has 0 radical (unpaired) electrons. The first-order chi connectivity index (χ1) is 7.02. The van der Waals surface area contributed by atoms with Crippen LogP contribution in [0, 0.1) is 11.7 Å². The molecule has 1 aromatic carbocycles. The van der Waals surface area contributed by atoms with Gasteiger partial charge in [-0.15, -0.1) is 0 Å². The Hall–Kier alpha value is -0.600. The van der Waals surface area contributed by atoms with Gasteiger partial charge in [-0.1, -0.05) is 31.5 Å². The molecule has 0 aliphatic heterocycles. The monoisotopic (exact) mass is 229 g/mol. The van der Waals surface area contributed by atoms with Gasteiger partial charge in [0, 0.05) is 16.6 Å². The Labute approximate surface area is 95.4 Å². The summed E-state index contributed by atoms with van der Waals surface area (Å²) in [5.74, 6) is 0.264. The summed E-state index contributed by atoms with van der Waals surface area (Å²) in [5.41, 5.74) is 6.36. The highest BCUT2D eigenvalue weighted by Crippen LogP contribution is 2.27. The average molecular weight is 230 g/mol. The molecular weight excluding hydrogens is 213 g/mol. The molecule has 0 amide bonds. The van der Waals surface area contributed by atoms with Crippen molar-refractivity contribution in [3.05, 3.63) is 34.6 Å². The number of nitrogens with two attached hydrogens (primary N) is 1. The van der Waals surface area contributed by atoms with E-state index in [0.717, 1.165) is 12.8 Å². The molecule has 0 unspecified atom stereocenters. The highest BCUT2D eigenvalue weighted by Gasteiger charge is 2.15.